The fourth-order valence-electron chi connectivity index (χ4n) is 0.588. The summed E-state index contributed by atoms with van der Waals surface area (Å²) in [5, 5.41) is 0. The van der Waals surface area contributed by atoms with Gasteiger partial charge < -0.3 is 9.47 Å². The zero-order chi connectivity index (χ0) is 8.36. The summed E-state index contributed by atoms with van der Waals surface area (Å²) in [6.45, 7) is 2.47. The summed E-state index contributed by atoms with van der Waals surface area (Å²) in [7, 11) is 1.59. The average molecular weight is 156 g/mol. The lowest BCUT2D eigenvalue weighted by atomic mass is 10.2. The summed E-state index contributed by atoms with van der Waals surface area (Å²) in [6.07, 6.45) is 7.00. The van der Waals surface area contributed by atoms with Crippen LogP contribution in [0.3, 0.4) is 0 Å². The Morgan fingerprint density at radius 2 is 2.27 bits per heavy atom. The van der Waals surface area contributed by atoms with Crippen LogP contribution in [0.5, 0.6) is 0 Å². The molecule has 0 N–H and O–H groups in total. The van der Waals surface area contributed by atoms with Crippen LogP contribution < -0.4 is 0 Å². The van der Waals surface area contributed by atoms with Gasteiger partial charge in [0.2, 0.25) is 0 Å². The first kappa shape index (κ1) is 10.3. The molecule has 0 aromatic carbocycles. The number of methoxy groups -OCH3 is 1. The Labute approximate surface area is 68.5 Å². The molecule has 0 saturated heterocycles. The molecule has 0 radical (unpaired) electrons. The molecule has 2 nitrogen and oxygen atoms in total. The normalized spacial score (nSPS) is 8.55. The molecule has 2 heteroatoms. The molecule has 0 spiro atoms. The van der Waals surface area contributed by atoms with Crippen LogP contribution in [0.4, 0.5) is 0 Å². The van der Waals surface area contributed by atoms with E-state index in [0.29, 0.717) is 6.79 Å². The highest BCUT2D eigenvalue weighted by atomic mass is 16.7. The van der Waals surface area contributed by atoms with E-state index in [0.717, 1.165) is 6.42 Å². The van der Waals surface area contributed by atoms with Gasteiger partial charge >= 0.3 is 0 Å². The second kappa shape index (κ2) is 9.28. The van der Waals surface area contributed by atoms with Crippen molar-refractivity contribution in [1.82, 2.24) is 0 Å². The maximum atomic E-state index is 4.87. The van der Waals surface area contributed by atoms with Gasteiger partial charge in [0.1, 0.15) is 6.26 Å². The first-order valence-electron chi connectivity index (χ1n) is 3.91. The van der Waals surface area contributed by atoms with Crippen molar-refractivity contribution < 1.29 is 9.47 Å². The molecule has 0 saturated carbocycles. The fraction of sp³-hybridized carbons (Fsp3) is 0.667. The van der Waals surface area contributed by atoms with Gasteiger partial charge in [-0.05, 0) is 18.9 Å². The van der Waals surface area contributed by atoms with Crippen LogP contribution in [0, 0.1) is 0 Å². The monoisotopic (exact) mass is 156 g/mol. The van der Waals surface area contributed by atoms with Gasteiger partial charge in [-0.2, -0.15) is 0 Å². The summed E-state index contributed by atoms with van der Waals surface area (Å²) in [6, 6.07) is 0. The largest absolute Gasteiger partial charge is 0.467 e. The molecule has 0 aromatic rings. The first-order valence-corrected chi connectivity index (χ1v) is 3.91. The summed E-state index contributed by atoms with van der Waals surface area (Å²) in [5.74, 6) is 0. The maximum Gasteiger partial charge on any atom is 0.188 e. The highest BCUT2D eigenvalue weighted by Crippen LogP contribution is 1.93. The van der Waals surface area contributed by atoms with Gasteiger partial charge in [0.05, 0.1) is 0 Å². The predicted octanol–water partition coefficient (Wildman–Crippen LogP) is 2.47. The average Bonchev–Trinajstić information content (AvgIpc) is 2.03. The molecule has 0 aliphatic rings. The third kappa shape index (κ3) is 9.28. The van der Waals surface area contributed by atoms with E-state index in [1.54, 1.807) is 7.11 Å². The van der Waals surface area contributed by atoms with Crippen molar-refractivity contribution in [1.29, 1.82) is 0 Å². The van der Waals surface area contributed by atoms with Gasteiger partial charge in [0.25, 0.3) is 0 Å². The minimum Gasteiger partial charge on any atom is -0.467 e. The van der Waals surface area contributed by atoms with E-state index in [2.05, 4.69) is 17.4 Å². The van der Waals surface area contributed by atoms with Crippen molar-refractivity contribution in [2.45, 2.75) is 26.2 Å². The van der Waals surface area contributed by atoms with Gasteiger partial charge in [0.15, 0.2) is 6.79 Å². The van der Waals surface area contributed by atoms with Crippen molar-refractivity contribution in [3.05, 3.63) is 18.1 Å². The fourth-order valence-corrected chi connectivity index (χ4v) is 0.588. The third-order valence-electron chi connectivity index (χ3n) is 1.16. The van der Waals surface area contributed by atoms with Crippen molar-refractivity contribution in [3.63, 3.8) is 0 Å². The molecule has 0 heterocycles. The summed E-state index contributed by atoms with van der Waals surface area (Å²) in [4.78, 5) is 0. The van der Waals surface area contributed by atoms with E-state index in [1.807, 2.05) is 6.08 Å². The minimum absolute atomic E-state index is 0.300. The van der Waals surface area contributed by atoms with Crippen molar-refractivity contribution in [2.24, 2.45) is 0 Å². The smallest absolute Gasteiger partial charge is 0.188 e. The second-order valence-electron chi connectivity index (χ2n) is 2.20. The molecule has 0 aliphatic carbocycles. The number of rotatable bonds is 6. The Morgan fingerprint density at radius 3 is 2.91 bits per heavy atom. The molecule has 0 fully saturated rings. The molecule has 64 valence electrons. The molecule has 0 rings (SSSR count). The molecule has 0 atom stereocenters. The highest BCUT2D eigenvalue weighted by molar-refractivity contribution is 4.78. The Morgan fingerprint density at radius 1 is 1.45 bits per heavy atom. The SMILES string of the molecule is CCCCC=C=COCOC. The van der Waals surface area contributed by atoms with E-state index >= 15 is 0 Å². The zero-order valence-corrected chi connectivity index (χ0v) is 7.30. The van der Waals surface area contributed by atoms with E-state index in [9.17, 15) is 0 Å². The van der Waals surface area contributed by atoms with Gasteiger partial charge in [-0.25, -0.2) is 0 Å². The van der Waals surface area contributed by atoms with E-state index in [1.165, 1.54) is 19.1 Å². The van der Waals surface area contributed by atoms with Crippen LogP contribution >= 0.6 is 0 Å². The molecular formula is C9H16O2. The van der Waals surface area contributed by atoms with Gasteiger partial charge in [0, 0.05) is 7.11 Å². The number of allylic oxidation sites excluding steroid dienone is 1. The number of hydrogen-bond acceptors (Lipinski definition) is 2. The lowest BCUT2D eigenvalue weighted by Gasteiger charge is -1.92. The van der Waals surface area contributed by atoms with Crippen LogP contribution in [0.2, 0.25) is 0 Å². The third-order valence-corrected chi connectivity index (χ3v) is 1.16. The summed E-state index contributed by atoms with van der Waals surface area (Å²) < 4.78 is 9.54. The first-order chi connectivity index (χ1) is 5.41. The quantitative estimate of drug-likeness (QED) is 0.254. The maximum absolute atomic E-state index is 4.87. The van der Waals surface area contributed by atoms with E-state index < -0.39 is 0 Å². The van der Waals surface area contributed by atoms with E-state index in [-0.39, 0.29) is 0 Å². The number of hydrogen-bond donors (Lipinski definition) is 0. The minimum atomic E-state index is 0.300. The highest BCUT2D eigenvalue weighted by Gasteiger charge is 1.75. The molecular weight excluding hydrogens is 140 g/mol. The zero-order valence-electron chi connectivity index (χ0n) is 7.30. The molecule has 0 bridgehead atoms. The van der Waals surface area contributed by atoms with Crippen molar-refractivity contribution in [2.75, 3.05) is 13.9 Å². The summed E-state index contributed by atoms with van der Waals surface area (Å²) >= 11 is 0. The molecule has 0 unspecified atom stereocenters. The Kier molecular flexibility index (Phi) is 8.67. The molecule has 0 amide bonds. The lowest BCUT2D eigenvalue weighted by molar-refractivity contribution is 0.0201. The van der Waals surface area contributed by atoms with E-state index in [4.69, 9.17) is 4.74 Å². The van der Waals surface area contributed by atoms with Crippen LogP contribution in [0.1, 0.15) is 26.2 Å². The van der Waals surface area contributed by atoms with Crippen LogP contribution in [-0.2, 0) is 9.47 Å². The molecule has 11 heavy (non-hydrogen) atoms. The second-order valence-corrected chi connectivity index (χ2v) is 2.20. The van der Waals surface area contributed by atoms with Crippen LogP contribution in [-0.4, -0.2) is 13.9 Å². The van der Waals surface area contributed by atoms with Gasteiger partial charge in [-0.3, -0.25) is 0 Å². The van der Waals surface area contributed by atoms with Crippen LogP contribution in [0.15, 0.2) is 18.1 Å². The van der Waals surface area contributed by atoms with Crippen molar-refractivity contribution in [3.8, 4) is 0 Å². The Balaban J connectivity index is 3.17. The number of ether oxygens (including phenoxy) is 2. The van der Waals surface area contributed by atoms with Gasteiger partial charge in [-0.15, -0.1) is 0 Å². The van der Waals surface area contributed by atoms with Crippen LogP contribution in [0.25, 0.3) is 0 Å². The summed E-state index contributed by atoms with van der Waals surface area (Å²) in [5.41, 5.74) is 2.90. The topological polar surface area (TPSA) is 18.5 Å². The molecule has 0 aromatic heterocycles. The molecule has 0 aliphatic heterocycles. The predicted molar refractivity (Wildman–Crippen MR) is 45.1 cm³/mol. The van der Waals surface area contributed by atoms with Crippen molar-refractivity contribution >= 4 is 0 Å². The Bertz CT molecular complexity index is 112. The Hall–Kier alpha value is -0.720. The lowest BCUT2D eigenvalue weighted by Crippen LogP contribution is -1.86. The standard InChI is InChI=1S/C9H16O2/c1-3-4-5-6-7-8-11-9-10-2/h6,8H,3-5,9H2,1-2H3. The van der Waals surface area contributed by atoms with Gasteiger partial charge in [-0.1, -0.05) is 19.1 Å². The number of unbranched alkanes of at least 4 members (excludes halogenated alkanes) is 2.